The summed E-state index contributed by atoms with van der Waals surface area (Å²) in [4.78, 5) is 24.7. The Balaban J connectivity index is 2.43. The molecule has 1 heterocycles. The first-order valence-corrected chi connectivity index (χ1v) is 6.90. The van der Waals surface area contributed by atoms with Gasteiger partial charge >= 0.3 is 5.97 Å². The summed E-state index contributed by atoms with van der Waals surface area (Å²) >= 11 is 7.40. The molecule has 0 saturated carbocycles. The van der Waals surface area contributed by atoms with Crippen LogP contribution >= 0.6 is 28.6 Å². The van der Waals surface area contributed by atoms with E-state index in [-0.39, 0.29) is 17.4 Å². The maximum Gasteiger partial charge on any atom is 0.338 e. The Kier molecular flexibility index (Phi) is 3.97. The SMILES string of the molecule is O=C(O)c1c(Br)cccc1N1CC(CS)CC1=O. The van der Waals surface area contributed by atoms with Crippen LogP contribution in [0.25, 0.3) is 0 Å². The summed E-state index contributed by atoms with van der Waals surface area (Å²) in [7, 11) is 0. The maximum atomic E-state index is 11.9. The topological polar surface area (TPSA) is 57.6 Å². The third-order valence-corrected chi connectivity index (χ3v) is 4.14. The second-order valence-corrected chi connectivity index (χ2v) is 5.42. The minimum Gasteiger partial charge on any atom is -0.478 e. The number of halogens is 1. The number of nitrogens with zero attached hydrogens (tertiary/aromatic N) is 1. The van der Waals surface area contributed by atoms with Crippen molar-refractivity contribution >= 4 is 46.1 Å². The normalized spacial score (nSPS) is 19.3. The molecule has 1 aromatic carbocycles. The fraction of sp³-hybridized carbons (Fsp3) is 0.333. The molecule has 0 radical (unpaired) electrons. The van der Waals surface area contributed by atoms with Crippen molar-refractivity contribution in [1.29, 1.82) is 0 Å². The molecule has 96 valence electrons. The van der Waals surface area contributed by atoms with E-state index in [4.69, 9.17) is 0 Å². The van der Waals surface area contributed by atoms with Gasteiger partial charge in [-0.2, -0.15) is 12.6 Å². The van der Waals surface area contributed by atoms with Crippen LogP contribution < -0.4 is 4.90 Å². The van der Waals surface area contributed by atoms with Gasteiger partial charge in [-0.25, -0.2) is 4.79 Å². The number of aromatic carboxylic acids is 1. The number of hydrogen-bond acceptors (Lipinski definition) is 3. The molecular weight excluding hydrogens is 318 g/mol. The van der Waals surface area contributed by atoms with Gasteiger partial charge in [0.05, 0.1) is 11.3 Å². The van der Waals surface area contributed by atoms with Crippen LogP contribution in [0.1, 0.15) is 16.8 Å². The van der Waals surface area contributed by atoms with Crippen LogP contribution in [-0.2, 0) is 4.79 Å². The van der Waals surface area contributed by atoms with E-state index < -0.39 is 5.97 Å². The van der Waals surface area contributed by atoms with Crippen molar-refractivity contribution in [2.45, 2.75) is 6.42 Å². The number of carboxylic acid groups (broad SMARTS) is 1. The Hall–Kier alpha value is -1.01. The quantitative estimate of drug-likeness (QED) is 0.837. The molecule has 1 aromatic rings. The highest BCUT2D eigenvalue weighted by molar-refractivity contribution is 9.10. The first-order valence-electron chi connectivity index (χ1n) is 5.47. The maximum absolute atomic E-state index is 11.9. The molecule has 0 spiro atoms. The molecule has 1 amide bonds. The molecule has 1 aliphatic heterocycles. The van der Waals surface area contributed by atoms with Gasteiger partial charge < -0.3 is 10.0 Å². The van der Waals surface area contributed by atoms with E-state index in [1.165, 1.54) is 4.90 Å². The molecule has 2 rings (SSSR count). The first-order chi connectivity index (χ1) is 8.54. The van der Waals surface area contributed by atoms with Crippen molar-refractivity contribution in [2.24, 2.45) is 5.92 Å². The van der Waals surface area contributed by atoms with Crippen LogP contribution in [0.3, 0.4) is 0 Å². The Morgan fingerprint density at radius 3 is 2.83 bits per heavy atom. The fourth-order valence-electron chi connectivity index (χ4n) is 2.09. The van der Waals surface area contributed by atoms with Crippen LogP contribution in [0.5, 0.6) is 0 Å². The zero-order valence-electron chi connectivity index (χ0n) is 9.47. The summed E-state index contributed by atoms with van der Waals surface area (Å²) in [5.41, 5.74) is 0.580. The number of amides is 1. The third-order valence-electron chi connectivity index (χ3n) is 2.96. The van der Waals surface area contributed by atoms with Gasteiger partial charge in [-0.3, -0.25) is 4.79 Å². The second kappa shape index (κ2) is 5.32. The number of carboxylic acids is 1. The molecule has 0 aromatic heterocycles. The Bertz CT molecular complexity index is 506. The lowest BCUT2D eigenvalue weighted by molar-refractivity contribution is -0.117. The van der Waals surface area contributed by atoms with Gasteiger partial charge in [0.2, 0.25) is 5.91 Å². The zero-order chi connectivity index (χ0) is 13.3. The predicted molar refractivity (Wildman–Crippen MR) is 75.4 cm³/mol. The number of carbonyl (C=O) groups is 2. The molecule has 18 heavy (non-hydrogen) atoms. The van der Waals surface area contributed by atoms with Gasteiger partial charge in [0.25, 0.3) is 0 Å². The summed E-state index contributed by atoms with van der Waals surface area (Å²) < 4.78 is 0.481. The fourth-order valence-corrected chi connectivity index (χ4v) is 2.86. The largest absolute Gasteiger partial charge is 0.478 e. The first kappa shape index (κ1) is 13.4. The summed E-state index contributed by atoms with van der Waals surface area (Å²) in [6.45, 7) is 0.527. The lowest BCUT2D eigenvalue weighted by Crippen LogP contribution is -2.26. The summed E-state index contributed by atoms with van der Waals surface area (Å²) in [5, 5.41) is 9.23. The number of rotatable bonds is 3. The number of anilines is 1. The highest BCUT2D eigenvalue weighted by Crippen LogP contribution is 2.32. The molecule has 1 fully saturated rings. The smallest absolute Gasteiger partial charge is 0.338 e. The minimum absolute atomic E-state index is 0.0466. The molecule has 1 N–H and O–H groups in total. The Morgan fingerprint density at radius 2 is 2.28 bits per heavy atom. The van der Waals surface area contributed by atoms with Crippen LogP contribution in [0.4, 0.5) is 5.69 Å². The molecule has 6 heteroatoms. The molecule has 1 atom stereocenters. The third kappa shape index (κ3) is 2.40. The average Bonchev–Trinajstić information content (AvgIpc) is 2.69. The van der Waals surface area contributed by atoms with Gasteiger partial charge in [0.1, 0.15) is 0 Å². The van der Waals surface area contributed by atoms with E-state index in [1.54, 1.807) is 18.2 Å². The Morgan fingerprint density at radius 1 is 1.56 bits per heavy atom. The average molecular weight is 330 g/mol. The molecule has 0 bridgehead atoms. The van der Waals surface area contributed by atoms with Crippen LogP contribution in [0.2, 0.25) is 0 Å². The molecule has 1 aliphatic rings. The number of hydrogen-bond donors (Lipinski definition) is 2. The summed E-state index contributed by atoms with van der Waals surface area (Å²) in [6, 6.07) is 5.05. The zero-order valence-corrected chi connectivity index (χ0v) is 11.9. The van der Waals surface area contributed by atoms with E-state index in [9.17, 15) is 14.7 Å². The standard InChI is InChI=1S/C12H12BrNO3S/c13-8-2-1-3-9(11(8)12(16)17)14-5-7(6-18)4-10(14)15/h1-3,7,18H,4-6H2,(H,16,17). The van der Waals surface area contributed by atoms with Crippen LogP contribution in [-0.4, -0.2) is 29.3 Å². The van der Waals surface area contributed by atoms with Crippen molar-refractivity contribution < 1.29 is 14.7 Å². The van der Waals surface area contributed by atoms with Gasteiger partial charge in [-0.05, 0) is 39.7 Å². The molecule has 1 saturated heterocycles. The lowest BCUT2D eigenvalue weighted by Gasteiger charge is -2.19. The summed E-state index contributed by atoms with van der Waals surface area (Å²) in [5.74, 6) is -0.283. The summed E-state index contributed by atoms with van der Waals surface area (Å²) in [6.07, 6.45) is 0.426. The van der Waals surface area contributed by atoms with Crippen molar-refractivity contribution in [3.8, 4) is 0 Å². The van der Waals surface area contributed by atoms with E-state index in [2.05, 4.69) is 28.6 Å². The predicted octanol–water partition coefficient (Wildman–Crippen LogP) is 2.43. The molecule has 0 aliphatic carbocycles. The van der Waals surface area contributed by atoms with Crippen molar-refractivity contribution in [3.63, 3.8) is 0 Å². The minimum atomic E-state index is -1.04. The van der Waals surface area contributed by atoms with Crippen molar-refractivity contribution in [1.82, 2.24) is 0 Å². The second-order valence-electron chi connectivity index (χ2n) is 4.20. The number of thiol groups is 1. The molecular formula is C12H12BrNO3S. The van der Waals surface area contributed by atoms with E-state index in [0.29, 0.717) is 28.9 Å². The van der Waals surface area contributed by atoms with Gasteiger partial charge in [0.15, 0.2) is 0 Å². The molecule has 4 nitrogen and oxygen atoms in total. The van der Waals surface area contributed by atoms with Gasteiger partial charge in [-0.15, -0.1) is 0 Å². The number of carbonyl (C=O) groups excluding carboxylic acids is 1. The van der Waals surface area contributed by atoms with Crippen molar-refractivity contribution in [3.05, 3.63) is 28.2 Å². The van der Waals surface area contributed by atoms with Gasteiger partial charge in [0, 0.05) is 17.4 Å². The molecule has 1 unspecified atom stereocenters. The Labute approximate surface area is 119 Å². The van der Waals surface area contributed by atoms with E-state index >= 15 is 0 Å². The van der Waals surface area contributed by atoms with Crippen LogP contribution in [0, 0.1) is 5.92 Å². The van der Waals surface area contributed by atoms with E-state index in [1.807, 2.05) is 0 Å². The van der Waals surface area contributed by atoms with Gasteiger partial charge in [-0.1, -0.05) is 6.07 Å². The number of benzene rings is 1. The van der Waals surface area contributed by atoms with E-state index in [0.717, 1.165) is 0 Å². The lowest BCUT2D eigenvalue weighted by atomic mass is 10.1. The van der Waals surface area contributed by atoms with Crippen molar-refractivity contribution in [2.75, 3.05) is 17.2 Å². The van der Waals surface area contributed by atoms with Crippen LogP contribution in [0.15, 0.2) is 22.7 Å². The highest BCUT2D eigenvalue weighted by atomic mass is 79.9. The monoisotopic (exact) mass is 329 g/mol. The highest BCUT2D eigenvalue weighted by Gasteiger charge is 2.32.